The Morgan fingerprint density at radius 3 is 2.19 bits per heavy atom. The van der Waals surface area contributed by atoms with Gasteiger partial charge in [0, 0.05) is 24.2 Å². The molecule has 0 fully saturated rings. The molecular weight excluding hydrogens is 318 g/mol. The lowest BCUT2D eigenvalue weighted by Crippen LogP contribution is -2.25. The summed E-state index contributed by atoms with van der Waals surface area (Å²) < 4.78 is 5.46. The number of ether oxygens (including phenoxy) is 1. The quantitative estimate of drug-likeness (QED) is 0.487. The standard InChI is InChI=1S/C24H29NO/c1-5-15-25(16-6-2)24-12-8-10-20-21(9-7-11-22(20)24)23-17-19(26-4)14-13-18(23)3/h7-14,17H,5-6,15-16H2,1-4H3. The summed E-state index contributed by atoms with van der Waals surface area (Å²) in [7, 11) is 1.73. The van der Waals surface area contributed by atoms with Gasteiger partial charge in [-0.05, 0) is 60.0 Å². The van der Waals surface area contributed by atoms with Gasteiger partial charge in [0.1, 0.15) is 5.75 Å². The number of hydrogen-bond acceptors (Lipinski definition) is 2. The zero-order chi connectivity index (χ0) is 18.5. The maximum absolute atomic E-state index is 5.46. The number of methoxy groups -OCH3 is 1. The van der Waals surface area contributed by atoms with E-state index < -0.39 is 0 Å². The van der Waals surface area contributed by atoms with Crippen molar-refractivity contribution in [2.24, 2.45) is 0 Å². The summed E-state index contributed by atoms with van der Waals surface area (Å²) in [5.41, 5.74) is 5.12. The molecule has 3 rings (SSSR count). The highest BCUT2D eigenvalue weighted by atomic mass is 16.5. The molecule has 0 saturated carbocycles. The van der Waals surface area contributed by atoms with E-state index in [1.165, 1.54) is 33.2 Å². The minimum absolute atomic E-state index is 0.900. The van der Waals surface area contributed by atoms with E-state index in [4.69, 9.17) is 4.74 Å². The minimum Gasteiger partial charge on any atom is -0.497 e. The normalized spacial score (nSPS) is 10.9. The van der Waals surface area contributed by atoms with E-state index in [9.17, 15) is 0 Å². The molecule has 0 saturated heterocycles. The van der Waals surface area contributed by atoms with Crippen LogP contribution in [0.4, 0.5) is 5.69 Å². The summed E-state index contributed by atoms with van der Waals surface area (Å²) in [6, 6.07) is 19.6. The molecule has 3 aromatic rings. The number of aryl methyl sites for hydroxylation is 1. The highest BCUT2D eigenvalue weighted by molar-refractivity contribution is 6.03. The van der Waals surface area contributed by atoms with Crippen molar-refractivity contribution in [2.75, 3.05) is 25.1 Å². The average Bonchev–Trinajstić information content (AvgIpc) is 2.67. The third-order valence-electron chi connectivity index (χ3n) is 4.96. The topological polar surface area (TPSA) is 12.5 Å². The zero-order valence-electron chi connectivity index (χ0n) is 16.4. The van der Waals surface area contributed by atoms with Crippen LogP contribution in [0.1, 0.15) is 32.3 Å². The molecule has 0 aromatic heterocycles. The van der Waals surface area contributed by atoms with Crippen LogP contribution in [-0.2, 0) is 0 Å². The number of benzene rings is 3. The first-order chi connectivity index (χ1) is 12.7. The third kappa shape index (κ3) is 3.55. The van der Waals surface area contributed by atoms with Crippen LogP contribution in [0.2, 0.25) is 0 Å². The summed E-state index contributed by atoms with van der Waals surface area (Å²) in [5.74, 6) is 0.900. The molecule has 136 valence electrons. The predicted octanol–water partition coefficient (Wildman–Crippen LogP) is 6.45. The van der Waals surface area contributed by atoms with Crippen molar-refractivity contribution in [2.45, 2.75) is 33.6 Å². The van der Waals surface area contributed by atoms with Crippen LogP contribution >= 0.6 is 0 Å². The van der Waals surface area contributed by atoms with Gasteiger partial charge in [-0.15, -0.1) is 0 Å². The van der Waals surface area contributed by atoms with Crippen molar-refractivity contribution in [3.8, 4) is 16.9 Å². The molecular formula is C24H29NO. The predicted molar refractivity (Wildman–Crippen MR) is 113 cm³/mol. The van der Waals surface area contributed by atoms with Gasteiger partial charge in [0.05, 0.1) is 7.11 Å². The number of anilines is 1. The van der Waals surface area contributed by atoms with Crippen molar-refractivity contribution in [1.29, 1.82) is 0 Å². The summed E-state index contributed by atoms with van der Waals surface area (Å²) in [5, 5.41) is 2.63. The van der Waals surface area contributed by atoms with Gasteiger partial charge in [0.25, 0.3) is 0 Å². The van der Waals surface area contributed by atoms with Crippen molar-refractivity contribution < 1.29 is 4.74 Å². The minimum atomic E-state index is 0.900. The Morgan fingerprint density at radius 2 is 1.50 bits per heavy atom. The van der Waals surface area contributed by atoms with E-state index in [-0.39, 0.29) is 0 Å². The van der Waals surface area contributed by atoms with Gasteiger partial charge in [-0.2, -0.15) is 0 Å². The lowest BCUT2D eigenvalue weighted by atomic mass is 9.94. The van der Waals surface area contributed by atoms with Gasteiger partial charge in [-0.25, -0.2) is 0 Å². The number of nitrogens with zero attached hydrogens (tertiary/aromatic N) is 1. The summed E-state index contributed by atoms with van der Waals surface area (Å²) in [4.78, 5) is 2.52. The van der Waals surface area contributed by atoms with E-state index in [1.54, 1.807) is 7.11 Å². The molecule has 2 nitrogen and oxygen atoms in total. The maximum Gasteiger partial charge on any atom is 0.119 e. The second-order valence-electron chi connectivity index (χ2n) is 6.85. The second kappa shape index (κ2) is 8.27. The molecule has 0 atom stereocenters. The summed E-state index contributed by atoms with van der Waals surface area (Å²) >= 11 is 0. The Balaban J connectivity index is 2.19. The molecule has 0 aliphatic carbocycles. The van der Waals surface area contributed by atoms with E-state index in [0.717, 1.165) is 31.7 Å². The number of fused-ring (bicyclic) bond motifs is 1. The van der Waals surface area contributed by atoms with Gasteiger partial charge >= 0.3 is 0 Å². The molecule has 0 radical (unpaired) electrons. The molecule has 0 unspecified atom stereocenters. The maximum atomic E-state index is 5.46. The van der Waals surface area contributed by atoms with E-state index in [1.807, 2.05) is 6.07 Å². The first-order valence-electron chi connectivity index (χ1n) is 9.61. The van der Waals surface area contributed by atoms with Crippen LogP contribution < -0.4 is 9.64 Å². The second-order valence-corrected chi connectivity index (χ2v) is 6.85. The van der Waals surface area contributed by atoms with E-state index >= 15 is 0 Å². The van der Waals surface area contributed by atoms with Crippen molar-refractivity contribution in [3.63, 3.8) is 0 Å². The lowest BCUT2D eigenvalue weighted by molar-refractivity contribution is 0.415. The zero-order valence-corrected chi connectivity index (χ0v) is 16.4. The Kier molecular flexibility index (Phi) is 5.82. The molecule has 0 aliphatic heterocycles. The highest BCUT2D eigenvalue weighted by Crippen LogP contribution is 2.36. The van der Waals surface area contributed by atoms with Crippen LogP contribution in [0, 0.1) is 6.92 Å². The van der Waals surface area contributed by atoms with E-state index in [2.05, 4.69) is 74.2 Å². The fourth-order valence-electron chi connectivity index (χ4n) is 3.71. The van der Waals surface area contributed by atoms with Crippen LogP contribution in [0.3, 0.4) is 0 Å². The fourth-order valence-corrected chi connectivity index (χ4v) is 3.71. The monoisotopic (exact) mass is 347 g/mol. The van der Waals surface area contributed by atoms with Crippen molar-refractivity contribution >= 4 is 16.5 Å². The first kappa shape index (κ1) is 18.3. The molecule has 0 N–H and O–H groups in total. The van der Waals surface area contributed by atoms with Gasteiger partial charge in [0.2, 0.25) is 0 Å². The van der Waals surface area contributed by atoms with E-state index in [0.29, 0.717) is 0 Å². The Labute approximate surface area is 157 Å². The van der Waals surface area contributed by atoms with Crippen LogP contribution in [0.25, 0.3) is 21.9 Å². The van der Waals surface area contributed by atoms with Gasteiger partial charge < -0.3 is 9.64 Å². The SMILES string of the molecule is CCCN(CCC)c1cccc2c(-c3cc(OC)ccc3C)cccc12. The summed E-state index contributed by atoms with van der Waals surface area (Å²) in [6.07, 6.45) is 2.32. The molecule has 3 aromatic carbocycles. The average molecular weight is 348 g/mol. The Bertz CT molecular complexity index is 879. The van der Waals surface area contributed by atoms with Gasteiger partial charge in [0.15, 0.2) is 0 Å². The molecule has 2 heteroatoms. The third-order valence-corrected chi connectivity index (χ3v) is 4.96. The fraction of sp³-hybridized carbons (Fsp3) is 0.333. The largest absolute Gasteiger partial charge is 0.497 e. The molecule has 0 heterocycles. The highest BCUT2D eigenvalue weighted by Gasteiger charge is 2.13. The van der Waals surface area contributed by atoms with Crippen LogP contribution in [0.5, 0.6) is 5.75 Å². The van der Waals surface area contributed by atoms with Gasteiger partial charge in [-0.1, -0.05) is 50.2 Å². The first-order valence-corrected chi connectivity index (χ1v) is 9.61. The molecule has 0 spiro atoms. The summed E-state index contributed by atoms with van der Waals surface area (Å²) in [6.45, 7) is 8.85. The Morgan fingerprint density at radius 1 is 0.808 bits per heavy atom. The molecule has 26 heavy (non-hydrogen) atoms. The number of hydrogen-bond donors (Lipinski definition) is 0. The molecule has 0 amide bonds. The van der Waals surface area contributed by atoms with Gasteiger partial charge in [-0.3, -0.25) is 0 Å². The van der Waals surface area contributed by atoms with Crippen LogP contribution in [-0.4, -0.2) is 20.2 Å². The van der Waals surface area contributed by atoms with Crippen molar-refractivity contribution in [3.05, 3.63) is 60.2 Å². The molecule has 0 aliphatic rings. The molecule has 0 bridgehead atoms. The Hall–Kier alpha value is -2.48. The van der Waals surface area contributed by atoms with Crippen molar-refractivity contribution in [1.82, 2.24) is 0 Å². The van der Waals surface area contributed by atoms with Crippen LogP contribution in [0.15, 0.2) is 54.6 Å². The number of rotatable bonds is 7. The lowest BCUT2D eigenvalue weighted by Gasteiger charge is -2.26. The smallest absolute Gasteiger partial charge is 0.119 e.